The van der Waals surface area contributed by atoms with Crippen molar-refractivity contribution in [1.29, 1.82) is 0 Å². The second-order valence-corrected chi connectivity index (χ2v) is 16.0. The molecule has 0 aliphatic heterocycles. The minimum Gasteiger partial charge on any atom is -0.393 e. The quantitative estimate of drug-likeness (QED) is 0.235. The highest BCUT2D eigenvalue weighted by Gasteiger charge is 2.68. The number of hydrogen-bond donors (Lipinski definition) is 2. The molecule has 0 spiro atoms. The maximum atomic E-state index is 13.8. The number of aliphatic hydroxyl groups excluding tert-OH is 1. The molecule has 44 heavy (non-hydrogen) atoms. The van der Waals surface area contributed by atoms with E-state index in [9.17, 15) is 19.4 Å². The number of allylic oxidation sites excluding steroid dienone is 1. The highest BCUT2D eigenvalue weighted by atomic mass is 32.2. The van der Waals surface area contributed by atoms with E-state index in [0.717, 1.165) is 57.2 Å². The number of aliphatic hydroxyl groups is 2. The number of benzene rings is 2. The molecule has 6 nitrogen and oxygen atoms in total. The Hall–Kier alpha value is -2.85. The Kier molecular flexibility index (Phi) is 6.55. The fourth-order valence-corrected chi connectivity index (χ4v) is 11.6. The van der Waals surface area contributed by atoms with Gasteiger partial charge in [-0.1, -0.05) is 43.3 Å². The summed E-state index contributed by atoms with van der Waals surface area (Å²) < 4.78 is 17.4. The number of Topliss-reactive ketones (excluding diaryl/α,β-unsaturated/α-hetero) is 1. The lowest BCUT2D eigenvalue weighted by atomic mass is 9.45. The van der Waals surface area contributed by atoms with Gasteiger partial charge >= 0.3 is 0 Å². The largest absolute Gasteiger partial charge is 0.393 e. The molecular weight excluding hydrogens is 594 g/mol. The maximum absolute atomic E-state index is 13.8. The average molecular weight is 630 g/mol. The van der Waals surface area contributed by atoms with Crippen LogP contribution in [-0.4, -0.2) is 48.2 Å². The van der Waals surface area contributed by atoms with Gasteiger partial charge in [-0.3, -0.25) is 4.79 Å². The van der Waals surface area contributed by atoms with Crippen molar-refractivity contribution in [2.75, 3.05) is 5.75 Å². The highest BCUT2D eigenvalue weighted by molar-refractivity contribution is 8.01. The molecule has 9 heteroatoms. The summed E-state index contributed by atoms with van der Waals surface area (Å²) in [6.45, 7) is 4.35. The van der Waals surface area contributed by atoms with Crippen molar-refractivity contribution in [3.05, 3.63) is 77.4 Å². The number of carbonyl (C=O) groups is 1. The third-order valence-electron chi connectivity index (χ3n) is 11.7. The molecule has 8 rings (SSSR count). The molecule has 2 aromatic heterocycles. The molecule has 3 fully saturated rings. The first-order valence-electron chi connectivity index (χ1n) is 15.6. The molecule has 4 aliphatic carbocycles. The fourth-order valence-electron chi connectivity index (χ4n) is 9.60. The van der Waals surface area contributed by atoms with E-state index in [1.165, 1.54) is 29.5 Å². The van der Waals surface area contributed by atoms with Gasteiger partial charge in [-0.15, -0.1) is 11.3 Å². The molecule has 4 aromatic rings. The van der Waals surface area contributed by atoms with Crippen molar-refractivity contribution < 1.29 is 19.4 Å². The van der Waals surface area contributed by atoms with Gasteiger partial charge in [0, 0.05) is 5.41 Å². The van der Waals surface area contributed by atoms with Gasteiger partial charge in [-0.05, 0) is 110 Å². The molecule has 2 N–H and O–H groups in total. The molecule has 4 aliphatic rings. The van der Waals surface area contributed by atoms with Gasteiger partial charge in [0.25, 0.3) is 0 Å². The summed E-state index contributed by atoms with van der Waals surface area (Å²) in [5.41, 5.74) is 2.87. The van der Waals surface area contributed by atoms with Gasteiger partial charge in [-0.25, -0.2) is 14.1 Å². The molecule has 7 atom stereocenters. The van der Waals surface area contributed by atoms with Gasteiger partial charge in [0.05, 0.1) is 39.7 Å². The number of rotatable bonds is 5. The summed E-state index contributed by atoms with van der Waals surface area (Å²) in [6.07, 6.45) is 7.79. The first-order chi connectivity index (χ1) is 21.1. The van der Waals surface area contributed by atoms with E-state index in [1.807, 2.05) is 35.1 Å². The van der Waals surface area contributed by atoms with E-state index >= 15 is 0 Å². The van der Waals surface area contributed by atoms with Crippen molar-refractivity contribution in [3.8, 4) is 5.69 Å². The molecule has 3 saturated carbocycles. The second kappa shape index (κ2) is 10.1. The molecule has 0 saturated heterocycles. The van der Waals surface area contributed by atoms with Crippen molar-refractivity contribution >= 4 is 45.2 Å². The topological polar surface area (TPSA) is 88.2 Å². The van der Waals surface area contributed by atoms with E-state index in [4.69, 9.17) is 0 Å². The van der Waals surface area contributed by atoms with Crippen molar-refractivity contribution in [1.82, 2.24) is 14.8 Å². The van der Waals surface area contributed by atoms with Crippen LogP contribution in [0.15, 0.2) is 64.6 Å². The zero-order chi connectivity index (χ0) is 30.4. The Morgan fingerprint density at radius 2 is 1.95 bits per heavy atom. The summed E-state index contributed by atoms with van der Waals surface area (Å²) in [6, 6.07) is 14.4. The van der Waals surface area contributed by atoms with Crippen LogP contribution < -0.4 is 0 Å². The van der Waals surface area contributed by atoms with Crippen LogP contribution in [0.1, 0.15) is 57.2 Å². The molecular formula is C35H36FN3O3S2. The second-order valence-electron chi connectivity index (χ2n) is 13.8. The number of nitrogens with zero attached hydrogens (tertiary/aromatic N) is 3. The molecule has 0 radical (unpaired) electrons. The number of para-hydroxylation sites is 1. The normalized spacial score (nSPS) is 34.2. The van der Waals surface area contributed by atoms with Gasteiger partial charge in [-0.2, -0.15) is 5.10 Å². The first-order valence-corrected chi connectivity index (χ1v) is 17.4. The molecule has 0 amide bonds. The number of hydrogen-bond acceptors (Lipinski definition) is 7. The van der Waals surface area contributed by atoms with Gasteiger partial charge in [0.15, 0.2) is 10.1 Å². The Morgan fingerprint density at radius 1 is 1.16 bits per heavy atom. The van der Waals surface area contributed by atoms with Crippen LogP contribution in [0.25, 0.3) is 22.0 Å². The van der Waals surface area contributed by atoms with Gasteiger partial charge in [0.1, 0.15) is 11.4 Å². The van der Waals surface area contributed by atoms with Crippen LogP contribution in [0.2, 0.25) is 0 Å². The minimum absolute atomic E-state index is 0.0393. The van der Waals surface area contributed by atoms with Crippen molar-refractivity contribution in [2.24, 2.45) is 28.6 Å². The number of fused-ring (bicyclic) bond motifs is 7. The van der Waals surface area contributed by atoms with Crippen LogP contribution in [-0.2, 0) is 11.2 Å². The van der Waals surface area contributed by atoms with Crippen LogP contribution in [0.5, 0.6) is 0 Å². The molecule has 2 heterocycles. The Bertz CT molecular complexity index is 1780. The molecule has 2 aromatic carbocycles. The smallest absolute Gasteiger partial charge is 0.175 e. The van der Waals surface area contributed by atoms with E-state index in [-0.39, 0.29) is 40.5 Å². The maximum Gasteiger partial charge on any atom is 0.175 e. The van der Waals surface area contributed by atoms with Crippen LogP contribution in [0, 0.1) is 34.4 Å². The Balaban J connectivity index is 1.05. The first kappa shape index (κ1) is 28.6. The van der Waals surface area contributed by atoms with E-state index < -0.39 is 17.1 Å². The Morgan fingerprint density at radius 3 is 2.75 bits per heavy atom. The van der Waals surface area contributed by atoms with E-state index in [2.05, 4.69) is 30.0 Å². The Labute approximate surface area is 264 Å². The number of carbonyl (C=O) groups excluding carboxylic acids is 1. The zero-order valence-electron chi connectivity index (χ0n) is 24.9. The summed E-state index contributed by atoms with van der Waals surface area (Å²) in [4.78, 5) is 18.5. The molecule has 0 bridgehead atoms. The predicted molar refractivity (Wildman–Crippen MR) is 171 cm³/mol. The number of thioether (sulfide) groups is 1. The summed E-state index contributed by atoms with van der Waals surface area (Å²) in [7, 11) is 0. The van der Waals surface area contributed by atoms with Crippen molar-refractivity contribution in [2.45, 2.75) is 68.4 Å². The fraction of sp³-hybridized carbons (Fsp3) is 0.457. The highest BCUT2D eigenvalue weighted by Crippen LogP contribution is 2.67. The summed E-state index contributed by atoms with van der Waals surface area (Å²) in [5, 5.41) is 28.8. The van der Waals surface area contributed by atoms with Gasteiger partial charge < -0.3 is 10.2 Å². The number of thiazole rings is 1. The van der Waals surface area contributed by atoms with Crippen LogP contribution in [0.4, 0.5) is 4.39 Å². The lowest BCUT2D eigenvalue weighted by Crippen LogP contribution is -2.62. The number of halogens is 1. The third-order valence-corrected chi connectivity index (χ3v) is 13.9. The molecule has 228 valence electrons. The van der Waals surface area contributed by atoms with E-state index in [1.54, 1.807) is 23.5 Å². The monoisotopic (exact) mass is 629 g/mol. The third kappa shape index (κ3) is 4.08. The average Bonchev–Trinajstić information content (AvgIpc) is 3.68. The lowest BCUT2D eigenvalue weighted by Gasteiger charge is -2.60. The standard InChI is InChI=1S/C35H36FN3O3S2/c1-33-16-20-18-37-39(23-10-8-22(36)9-11-23)27(20)15-21(33)7-12-24-25-13-14-35(42,34(25,2)17-28(40)31(24)33)30(41)19-43-32-38-26-5-3-4-6-29(26)44-32/h3-6,8-11,15,18,24-25,28,31,40,42H,7,12-14,16-17,19H2,1-2H3/t24?,25-,28-,31+,33-,34-,35-/m0/s1. The minimum atomic E-state index is -1.46. The number of aromatic nitrogens is 3. The van der Waals surface area contributed by atoms with Crippen LogP contribution >= 0.6 is 23.1 Å². The summed E-state index contributed by atoms with van der Waals surface area (Å²) in [5.74, 6) is 0.184. The predicted octanol–water partition coefficient (Wildman–Crippen LogP) is 6.87. The van der Waals surface area contributed by atoms with Gasteiger partial charge in [0.2, 0.25) is 0 Å². The molecule has 1 unspecified atom stereocenters. The SMILES string of the molecule is C[C@]12Cc3cnn(-c4ccc(F)cc4)c3C=C1CCC1[C@@H]2[C@@H](O)C[C@@]2(C)[C@H]1CC[C@]2(O)C(=O)CSc1nc2ccccc2s1. The zero-order valence-corrected chi connectivity index (χ0v) is 26.5. The van der Waals surface area contributed by atoms with Crippen molar-refractivity contribution in [3.63, 3.8) is 0 Å². The summed E-state index contributed by atoms with van der Waals surface area (Å²) >= 11 is 2.99. The van der Waals surface area contributed by atoms with Crippen LogP contribution in [0.3, 0.4) is 0 Å². The lowest BCUT2D eigenvalue weighted by molar-refractivity contribution is -0.177. The number of ketones is 1. The van der Waals surface area contributed by atoms with E-state index in [0.29, 0.717) is 12.8 Å².